The largest absolute Gasteiger partial charge is 0.497 e. The molecular weight excluding hydrogens is 355 g/mol. The summed E-state index contributed by atoms with van der Waals surface area (Å²) in [6.07, 6.45) is -2.38. The average Bonchev–Trinajstić information content (AvgIpc) is 3.06. The van der Waals surface area contributed by atoms with Crippen molar-refractivity contribution in [2.75, 3.05) is 23.9 Å². The normalized spacial score (nSPS) is 18.3. The summed E-state index contributed by atoms with van der Waals surface area (Å²) < 4.78 is 43.2. The lowest BCUT2D eigenvalue weighted by atomic mass is 10.0. The molecule has 1 aliphatic rings. The number of benzene rings is 1. The van der Waals surface area contributed by atoms with Gasteiger partial charge in [0.05, 0.1) is 13.3 Å². The number of hydrogen-bond acceptors (Lipinski definition) is 5. The molecule has 5 nitrogen and oxygen atoms in total. The van der Waals surface area contributed by atoms with Gasteiger partial charge >= 0.3 is 6.18 Å². The van der Waals surface area contributed by atoms with E-state index in [-0.39, 0.29) is 11.0 Å². The highest BCUT2D eigenvalue weighted by molar-refractivity contribution is 7.15. The van der Waals surface area contributed by atoms with Gasteiger partial charge in [0.2, 0.25) is 5.91 Å². The fraction of sp³-hybridized carbons (Fsp3) is 0.375. The molecule has 1 aliphatic heterocycles. The van der Waals surface area contributed by atoms with E-state index in [0.717, 1.165) is 12.6 Å². The number of carbonyl (C=O) groups is 1. The van der Waals surface area contributed by atoms with Gasteiger partial charge in [-0.2, -0.15) is 13.2 Å². The van der Waals surface area contributed by atoms with Crippen LogP contribution in [-0.4, -0.2) is 30.6 Å². The van der Waals surface area contributed by atoms with Crippen LogP contribution in [-0.2, 0) is 11.0 Å². The molecule has 1 N–H and O–H groups in total. The molecule has 0 bridgehead atoms. The maximum Gasteiger partial charge on any atom is 0.427 e. The Labute approximate surface area is 146 Å². The van der Waals surface area contributed by atoms with Gasteiger partial charge in [0.25, 0.3) is 0 Å². The minimum Gasteiger partial charge on any atom is -0.497 e. The first kappa shape index (κ1) is 17.5. The SMILES string of the molecule is COc1cccc(N2CCCC(Nc3ncc(C(F)(F)F)s3)C2=O)c1. The molecule has 2 aromatic rings. The molecule has 9 heteroatoms. The number of amides is 1. The molecule has 1 saturated heterocycles. The number of ether oxygens (including phenoxy) is 1. The van der Waals surface area contributed by atoms with E-state index >= 15 is 0 Å². The number of alkyl halides is 3. The van der Waals surface area contributed by atoms with Crippen molar-refractivity contribution in [3.63, 3.8) is 0 Å². The van der Waals surface area contributed by atoms with Crippen LogP contribution in [0.15, 0.2) is 30.5 Å². The third kappa shape index (κ3) is 3.87. The van der Waals surface area contributed by atoms with E-state index in [2.05, 4.69) is 10.3 Å². The minimum absolute atomic E-state index is 0.0955. The van der Waals surface area contributed by atoms with Crippen LogP contribution in [0.2, 0.25) is 0 Å². The Hall–Kier alpha value is -2.29. The van der Waals surface area contributed by atoms with Crippen molar-refractivity contribution in [1.29, 1.82) is 0 Å². The Morgan fingerprint density at radius 2 is 2.20 bits per heavy atom. The maximum absolute atomic E-state index is 12.7. The van der Waals surface area contributed by atoms with E-state index < -0.39 is 17.1 Å². The van der Waals surface area contributed by atoms with Crippen LogP contribution < -0.4 is 15.0 Å². The molecular formula is C16H16F3N3O2S. The number of carbonyl (C=O) groups excluding carboxylic acids is 1. The van der Waals surface area contributed by atoms with Crippen molar-refractivity contribution in [3.8, 4) is 5.75 Å². The molecule has 1 amide bonds. The van der Waals surface area contributed by atoms with E-state index in [9.17, 15) is 18.0 Å². The molecule has 0 radical (unpaired) electrons. The summed E-state index contributed by atoms with van der Waals surface area (Å²) in [5, 5.41) is 2.93. The standard InChI is InChI=1S/C16H16F3N3O2S/c1-24-11-5-2-4-10(8-11)22-7-3-6-12(14(22)23)21-15-20-9-13(25-15)16(17,18)19/h2,4-5,8-9,12H,3,6-7H2,1H3,(H,20,21). The molecule has 1 unspecified atom stereocenters. The number of anilines is 2. The Morgan fingerprint density at radius 3 is 2.88 bits per heavy atom. The second kappa shape index (κ2) is 6.91. The Balaban J connectivity index is 1.75. The van der Waals surface area contributed by atoms with Crippen LogP contribution in [0.3, 0.4) is 0 Å². The number of rotatable bonds is 4. The van der Waals surface area contributed by atoms with E-state index in [1.165, 1.54) is 0 Å². The van der Waals surface area contributed by atoms with E-state index in [4.69, 9.17) is 4.74 Å². The highest BCUT2D eigenvalue weighted by Crippen LogP contribution is 2.35. The van der Waals surface area contributed by atoms with Gasteiger partial charge in [0.15, 0.2) is 5.13 Å². The molecule has 25 heavy (non-hydrogen) atoms. The number of halogens is 3. The van der Waals surface area contributed by atoms with Crippen molar-refractivity contribution in [1.82, 2.24) is 4.98 Å². The summed E-state index contributed by atoms with van der Waals surface area (Å²) in [4.78, 5) is 17.3. The first-order chi connectivity index (χ1) is 11.9. The third-order valence-corrected chi connectivity index (χ3v) is 4.86. The highest BCUT2D eigenvalue weighted by Gasteiger charge is 2.35. The quantitative estimate of drug-likeness (QED) is 0.889. The molecule has 1 fully saturated rings. The molecule has 1 aromatic heterocycles. The topological polar surface area (TPSA) is 54.5 Å². The van der Waals surface area contributed by atoms with E-state index in [1.54, 1.807) is 36.3 Å². The minimum atomic E-state index is -4.43. The zero-order valence-corrected chi connectivity index (χ0v) is 14.2. The van der Waals surface area contributed by atoms with Crippen LogP contribution in [0.4, 0.5) is 24.0 Å². The van der Waals surface area contributed by atoms with Gasteiger partial charge in [0, 0.05) is 18.3 Å². The molecule has 1 atom stereocenters. The van der Waals surface area contributed by atoms with Crippen molar-refractivity contribution in [3.05, 3.63) is 35.3 Å². The van der Waals surface area contributed by atoms with Gasteiger partial charge < -0.3 is 15.0 Å². The van der Waals surface area contributed by atoms with Gasteiger partial charge in [0.1, 0.15) is 16.7 Å². The summed E-state index contributed by atoms with van der Waals surface area (Å²) in [6.45, 7) is 0.551. The Morgan fingerprint density at radius 1 is 1.40 bits per heavy atom. The summed E-state index contributed by atoms with van der Waals surface area (Å²) in [5.74, 6) is 0.443. The molecule has 0 aliphatic carbocycles. The zero-order valence-electron chi connectivity index (χ0n) is 13.3. The van der Waals surface area contributed by atoms with Gasteiger partial charge in [-0.05, 0) is 25.0 Å². The fourth-order valence-corrected chi connectivity index (χ4v) is 3.40. The van der Waals surface area contributed by atoms with Gasteiger partial charge in [-0.3, -0.25) is 4.79 Å². The molecule has 134 valence electrons. The number of nitrogens with zero attached hydrogens (tertiary/aromatic N) is 2. The fourth-order valence-electron chi connectivity index (χ4n) is 2.66. The number of piperidine rings is 1. The second-order valence-corrected chi connectivity index (χ2v) is 6.59. The third-order valence-electron chi connectivity index (χ3n) is 3.89. The summed E-state index contributed by atoms with van der Waals surface area (Å²) in [7, 11) is 1.54. The van der Waals surface area contributed by atoms with Crippen molar-refractivity contribution in [2.45, 2.75) is 25.1 Å². The highest BCUT2D eigenvalue weighted by atomic mass is 32.1. The van der Waals surface area contributed by atoms with E-state index in [1.807, 2.05) is 0 Å². The lowest BCUT2D eigenvalue weighted by Crippen LogP contribution is -2.47. The number of methoxy groups -OCH3 is 1. The zero-order chi connectivity index (χ0) is 18.0. The summed E-state index contributed by atoms with van der Waals surface area (Å²) in [5.41, 5.74) is 0.700. The lowest BCUT2D eigenvalue weighted by molar-refractivity contribution is -0.134. The monoisotopic (exact) mass is 371 g/mol. The van der Waals surface area contributed by atoms with Crippen molar-refractivity contribution in [2.24, 2.45) is 0 Å². The summed E-state index contributed by atoms with van der Waals surface area (Å²) >= 11 is 0.501. The van der Waals surface area contributed by atoms with Gasteiger partial charge in [-0.15, -0.1) is 0 Å². The molecule has 3 rings (SSSR count). The molecule has 0 saturated carbocycles. The van der Waals surface area contributed by atoms with Crippen molar-refractivity contribution >= 4 is 28.1 Å². The Bertz CT molecular complexity index is 763. The second-order valence-electron chi connectivity index (χ2n) is 5.56. The van der Waals surface area contributed by atoms with Gasteiger partial charge in [-0.1, -0.05) is 17.4 Å². The van der Waals surface area contributed by atoms with Gasteiger partial charge in [-0.25, -0.2) is 4.98 Å². The average molecular weight is 371 g/mol. The first-order valence-corrected chi connectivity index (χ1v) is 8.45. The first-order valence-electron chi connectivity index (χ1n) is 7.63. The number of thiazole rings is 1. The van der Waals surface area contributed by atoms with E-state index in [0.29, 0.717) is 35.7 Å². The smallest absolute Gasteiger partial charge is 0.427 e. The number of aromatic nitrogens is 1. The Kier molecular flexibility index (Phi) is 4.85. The predicted octanol–water partition coefficient (Wildman–Crippen LogP) is 3.78. The number of hydrogen-bond donors (Lipinski definition) is 1. The van der Waals surface area contributed by atoms with Crippen LogP contribution in [0, 0.1) is 0 Å². The number of nitrogens with one attached hydrogen (secondary N) is 1. The predicted molar refractivity (Wildman–Crippen MR) is 89.1 cm³/mol. The maximum atomic E-state index is 12.7. The molecule has 1 aromatic carbocycles. The van der Waals surface area contributed by atoms with Crippen LogP contribution in [0.1, 0.15) is 17.7 Å². The van der Waals surface area contributed by atoms with Crippen LogP contribution in [0.5, 0.6) is 5.75 Å². The molecule has 0 spiro atoms. The van der Waals surface area contributed by atoms with Crippen LogP contribution >= 0.6 is 11.3 Å². The van der Waals surface area contributed by atoms with Crippen molar-refractivity contribution < 1.29 is 22.7 Å². The lowest BCUT2D eigenvalue weighted by Gasteiger charge is -2.32. The molecule has 2 heterocycles. The summed E-state index contributed by atoms with van der Waals surface area (Å²) in [6, 6.07) is 6.52. The van der Waals surface area contributed by atoms with Crippen LogP contribution in [0.25, 0.3) is 0 Å².